The van der Waals surface area contributed by atoms with Crippen molar-refractivity contribution in [3.05, 3.63) is 66.1 Å². The molecule has 9 nitrogen and oxygen atoms in total. The highest BCUT2D eigenvalue weighted by Gasteiger charge is 2.26. The molecule has 1 amide bonds. The molecule has 0 radical (unpaired) electrons. The molecule has 1 fully saturated rings. The predicted molar refractivity (Wildman–Crippen MR) is 128 cm³/mol. The number of halogens is 3. The molecule has 36 heavy (non-hydrogen) atoms. The van der Waals surface area contributed by atoms with Crippen LogP contribution in [0.3, 0.4) is 0 Å². The summed E-state index contributed by atoms with van der Waals surface area (Å²) in [5.74, 6) is -1.44. The fourth-order valence-electron chi connectivity index (χ4n) is 4.36. The summed E-state index contributed by atoms with van der Waals surface area (Å²) in [4.78, 5) is 31.9. The number of aromatic nitrogens is 5. The van der Waals surface area contributed by atoms with Crippen molar-refractivity contribution in [2.75, 3.05) is 37.4 Å². The quantitative estimate of drug-likeness (QED) is 0.448. The third-order valence-electron chi connectivity index (χ3n) is 6.19. The normalized spacial score (nSPS) is 14.3. The van der Waals surface area contributed by atoms with E-state index in [1.807, 2.05) is 4.90 Å². The first-order valence-electron chi connectivity index (χ1n) is 11.3. The van der Waals surface area contributed by atoms with Crippen LogP contribution in [-0.4, -0.2) is 62.5 Å². The number of nitrogens with zero attached hydrogens (tertiary/aromatic N) is 7. The topological polar surface area (TPSA) is 92.1 Å². The van der Waals surface area contributed by atoms with Crippen molar-refractivity contribution in [2.24, 2.45) is 0 Å². The van der Waals surface area contributed by atoms with Gasteiger partial charge in [0.15, 0.2) is 11.6 Å². The summed E-state index contributed by atoms with van der Waals surface area (Å²) in [6.45, 7) is 1.22. The van der Waals surface area contributed by atoms with Crippen molar-refractivity contribution < 1.29 is 18.0 Å². The summed E-state index contributed by atoms with van der Waals surface area (Å²) >= 11 is 0. The van der Waals surface area contributed by atoms with Crippen molar-refractivity contribution in [2.45, 2.75) is 18.9 Å². The van der Waals surface area contributed by atoms with Crippen LogP contribution >= 0.6 is 0 Å². The molecule has 3 aromatic heterocycles. The second-order valence-corrected chi connectivity index (χ2v) is 8.74. The van der Waals surface area contributed by atoms with Gasteiger partial charge in [-0.05, 0) is 31.0 Å². The summed E-state index contributed by atoms with van der Waals surface area (Å²) in [5, 5.41) is 2.99. The lowest BCUT2D eigenvalue weighted by atomic mass is 10.1. The van der Waals surface area contributed by atoms with Crippen molar-refractivity contribution >= 4 is 34.4 Å². The molecule has 0 atom stereocenters. The fraction of sp³-hybridized carbons (Fsp3) is 0.292. The fourth-order valence-corrected chi connectivity index (χ4v) is 4.36. The Morgan fingerprint density at radius 3 is 2.42 bits per heavy atom. The second-order valence-electron chi connectivity index (χ2n) is 8.74. The van der Waals surface area contributed by atoms with Crippen LogP contribution in [0, 0.1) is 17.5 Å². The lowest BCUT2D eigenvalue weighted by Gasteiger charge is -2.32. The maximum absolute atomic E-state index is 15.1. The smallest absolute Gasteiger partial charge is 0.253 e. The molecule has 12 heteroatoms. The Bertz CT molecular complexity index is 1420. The van der Waals surface area contributed by atoms with Gasteiger partial charge < -0.3 is 19.7 Å². The zero-order valence-corrected chi connectivity index (χ0v) is 19.6. The number of amides is 1. The molecule has 1 aliphatic rings. The number of fused-ring (bicyclic) bond motifs is 1. The monoisotopic (exact) mass is 496 g/mol. The standard InChI is InChI=1S/C24H23F3N8O/c1-33(2)23(36)14-3-4-19(17(26)9-14)32-21-20-18(27)12-35(22(20)31-13-30-21)16-5-7-34(8-6-16)24-28-10-15(25)11-29-24/h3-4,9-13,16H,5-8H2,1-2H3,(H,30,31,32). The van der Waals surface area contributed by atoms with E-state index in [0.29, 0.717) is 37.5 Å². The summed E-state index contributed by atoms with van der Waals surface area (Å²) in [6.07, 6.45) is 6.29. The van der Waals surface area contributed by atoms with Crippen LogP contribution < -0.4 is 10.2 Å². The lowest BCUT2D eigenvalue weighted by Crippen LogP contribution is -2.35. The van der Waals surface area contributed by atoms with Gasteiger partial charge in [0.2, 0.25) is 5.95 Å². The Hall–Kier alpha value is -4.22. The SMILES string of the molecule is CN(C)C(=O)c1ccc(Nc2ncnc3c2c(F)cn3C2CCN(c3ncc(F)cn3)CC2)c(F)c1. The van der Waals surface area contributed by atoms with Crippen molar-refractivity contribution in [3.63, 3.8) is 0 Å². The van der Waals surface area contributed by atoms with E-state index < -0.39 is 17.5 Å². The number of carbonyl (C=O) groups is 1. The van der Waals surface area contributed by atoms with E-state index in [2.05, 4.69) is 25.3 Å². The Morgan fingerprint density at radius 2 is 1.75 bits per heavy atom. The van der Waals surface area contributed by atoms with Crippen LogP contribution in [0.2, 0.25) is 0 Å². The van der Waals surface area contributed by atoms with Crippen LogP contribution in [0.5, 0.6) is 0 Å². The number of hydrogen-bond acceptors (Lipinski definition) is 7. The van der Waals surface area contributed by atoms with Crippen LogP contribution in [0.4, 0.5) is 30.6 Å². The minimum atomic E-state index is -0.662. The highest BCUT2D eigenvalue weighted by atomic mass is 19.1. The number of benzene rings is 1. The van der Waals surface area contributed by atoms with Gasteiger partial charge in [-0.1, -0.05) is 0 Å². The first kappa shape index (κ1) is 23.5. The molecule has 4 aromatic rings. The molecule has 1 aromatic carbocycles. The third kappa shape index (κ3) is 4.41. The number of nitrogens with one attached hydrogen (secondary N) is 1. The van der Waals surface area contributed by atoms with Crippen LogP contribution in [0.1, 0.15) is 29.2 Å². The van der Waals surface area contributed by atoms with Crippen LogP contribution in [0.25, 0.3) is 11.0 Å². The van der Waals surface area contributed by atoms with E-state index in [4.69, 9.17) is 0 Å². The number of anilines is 3. The Balaban J connectivity index is 1.38. The maximum atomic E-state index is 15.1. The zero-order chi connectivity index (χ0) is 25.4. The first-order valence-corrected chi connectivity index (χ1v) is 11.3. The highest BCUT2D eigenvalue weighted by molar-refractivity contribution is 5.95. The highest BCUT2D eigenvalue weighted by Crippen LogP contribution is 2.33. The predicted octanol–water partition coefficient (Wildman–Crippen LogP) is 3.93. The van der Waals surface area contributed by atoms with Gasteiger partial charge in [0.25, 0.3) is 5.91 Å². The first-order chi connectivity index (χ1) is 17.3. The summed E-state index contributed by atoms with van der Waals surface area (Å²) in [5.41, 5.74) is 0.650. The van der Waals surface area contributed by atoms with E-state index >= 15 is 4.39 Å². The van der Waals surface area contributed by atoms with E-state index in [1.165, 1.54) is 29.6 Å². The minimum absolute atomic E-state index is 0.0375. The lowest BCUT2D eigenvalue weighted by molar-refractivity contribution is 0.0827. The van der Waals surface area contributed by atoms with E-state index in [9.17, 15) is 13.6 Å². The van der Waals surface area contributed by atoms with E-state index in [1.54, 1.807) is 18.7 Å². The minimum Gasteiger partial charge on any atom is -0.345 e. The van der Waals surface area contributed by atoms with Gasteiger partial charge in [0, 0.05) is 45.0 Å². The molecule has 1 saturated heterocycles. The summed E-state index contributed by atoms with van der Waals surface area (Å²) < 4.78 is 44.8. The molecule has 1 aliphatic heterocycles. The number of hydrogen-bond donors (Lipinski definition) is 1. The average Bonchev–Trinajstić information content (AvgIpc) is 3.22. The molecule has 0 aliphatic carbocycles. The second kappa shape index (κ2) is 9.44. The molecular formula is C24H23F3N8O. The van der Waals surface area contributed by atoms with Crippen LogP contribution in [0.15, 0.2) is 43.1 Å². The molecule has 5 rings (SSSR count). The molecular weight excluding hydrogens is 473 g/mol. The molecule has 0 unspecified atom stereocenters. The maximum Gasteiger partial charge on any atom is 0.253 e. The van der Waals surface area contributed by atoms with Gasteiger partial charge in [-0.2, -0.15) is 0 Å². The Labute approximate surface area is 204 Å². The van der Waals surface area contributed by atoms with Crippen LogP contribution in [-0.2, 0) is 0 Å². The number of rotatable bonds is 5. The molecule has 0 spiro atoms. The van der Waals surface area contributed by atoms with Crippen molar-refractivity contribution in [1.82, 2.24) is 29.4 Å². The van der Waals surface area contributed by atoms with Gasteiger partial charge >= 0.3 is 0 Å². The molecule has 0 saturated carbocycles. The van der Waals surface area contributed by atoms with E-state index in [0.717, 1.165) is 18.5 Å². The molecule has 4 heterocycles. The number of carbonyl (C=O) groups excluding carboxylic acids is 1. The third-order valence-corrected chi connectivity index (χ3v) is 6.19. The van der Waals surface area contributed by atoms with Gasteiger partial charge in [-0.15, -0.1) is 0 Å². The molecule has 0 bridgehead atoms. The summed E-state index contributed by atoms with van der Waals surface area (Å²) in [6, 6.07) is 4.00. The number of piperidine rings is 1. The van der Waals surface area contributed by atoms with Crippen molar-refractivity contribution in [3.8, 4) is 0 Å². The molecule has 1 N–H and O–H groups in total. The van der Waals surface area contributed by atoms with Gasteiger partial charge in [0.05, 0.1) is 23.5 Å². The van der Waals surface area contributed by atoms with Gasteiger partial charge in [0.1, 0.15) is 23.6 Å². The Kier molecular flexibility index (Phi) is 6.17. The largest absolute Gasteiger partial charge is 0.345 e. The van der Waals surface area contributed by atoms with Gasteiger partial charge in [-0.3, -0.25) is 4.79 Å². The Morgan fingerprint density at radius 1 is 1.03 bits per heavy atom. The molecule has 186 valence electrons. The summed E-state index contributed by atoms with van der Waals surface area (Å²) in [7, 11) is 3.16. The zero-order valence-electron chi connectivity index (χ0n) is 19.6. The van der Waals surface area contributed by atoms with E-state index in [-0.39, 0.29) is 34.4 Å². The van der Waals surface area contributed by atoms with Gasteiger partial charge in [-0.25, -0.2) is 33.1 Å². The van der Waals surface area contributed by atoms with Crippen molar-refractivity contribution in [1.29, 1.82) is 0 Å². The average molecular weight is 496 g/mol.